The van der Waals surface area contributed by atoms with Crippen LogP contribution in [0, 0.1) is 11.8 Å². The topological polar surface area (TPSA) is 41.1 Å². The van der Waals surface area contributed by atoms with E-state index in [0.29, 0.717) is 5.92 Å². The molecule has 0 spiro atoms. The van der Waals surface area contributed by atoms with E-state index in [1.165, 1.54) is 4.88 Å². The number of thiophene rings is 1. The first-order valence-electron chi connectivity index (χ1n) is 5.78. The molecule has 16 heavy (non-hydrogen) atoms. The van der Waals surface area contributed by atoms with Gasteiger partial charge in [0.1, 0.15) is 0 Å². The molecule has 4 heteroatoms. The summed E-state index contributed by atoms with van der Waals surface area (Å²) in [5.41, 5.74) is 0. The van der Waals surface area contributed by atoms with Crippen molar-refractivity contribution in [2.24, 2.45) is 11.8 Å². The quantitative estimate of drug-likeness (QED) is 0.811. The van der Waals surface area contributed by atoms with Crippen molar-refractivity contribution in [3.63, 3.8) is 0 Å². The zero-order valence-corrected chi connectivity index (χ0v) is 10.3. The van der Waals surface area contributed by atoms with Crippen LogP contribution in [0.5, 0.6) is 0 Å². The van der Waals surface area contributed by atoms with Crippen molar-refractivity contribution >= 4 is 17.2 Å². The van der Waals surface area contributed by atoms with Gasteiger partial charge in [-0.25, -0.2) is 0 Å². The highest BCUT2D eigenvalue weighted by Crippen LogP contribution is 2.15. The first-order valence-corrected chi connectivity index (χ1v) is 6.66. The molecule has 88 valence electrons. The van der Waals surface area contributed by atoms with E-state index in [0.717, 1.165) is 26.1 Å². The zero-order valence-electron chi connectivity index (χ0n) is 9.53. The highest BCUT2D eigenvalue weighted by molar-refractivity contribution is 7.09. The van der Waals surface area contributed by atoms with E-state index in [9.17, 15) is 4.79 Å². The third kappa shape index (κ3) is 2.83. The summed E-state index contributed by atoms with van der Waals surface area (Å²) in [7, 11) is 0. The van der Waals surface area contributed by atoms with Crippen LogP contribution in [0.2, 0.25) is 0 Å². The summed E-state index contributed by atoms with van der Waals surface area (Å²) in [6.07, 6.45) is 0.943. The molecule has 1 fully saturated rings. The van der Waals surface area contributed by atoms with Crippen LogP contribution in [0.4, 0.5) is 0 Å². The Morgan fingerprint density at radius 2 is 2.50 bits per heavy atom. The highest BCUT2D eigenvalue weighted by atomic mass is 32.1. The molecule has 3 nitrogen and oxygen atoms in total. The van der Waals surface area contributed by atoms with Crippen LogP contribution in [-0.4, -0.2) is 25.5 Å². The smallest absolute Gasteiger partial charge is 0.223 e. The summed E-state index contributed by atoms with van der Waals surface area (Å²) in [6.45, 7) is 4.74. The lowest BCUT2D eigenvalue weighted by Crippen LogP contribution is -2.49. The molecule has 0 aromatic carbocycles. The molecule has 0 saturated carbocycles. The molecule has 0 bridgehead atoms. The predicted molar refractivity (Wildman–Crippen MR) is 66.6 cm³/mol. The van der Waals surface area contributed by atoms with Gasteiger partial charge < -0.3 is 10.6 Å². The monoisotopic (exact) mass is 238 g/mol. The minimum atomic E-state index is 0.143. The average molecular weight is 238 g/mol. The molecule has 1 aliphatic heterocycles. The Morgan fingerprint density at radius 1 is 1.69 bits per heavy atom. The van der Waals surface area contributed by atoms with Crippen LogP contribution in [0.25, 0.3) is 0 Å². The van der Waals surface area contributed by atoms with Crippen LogP contribution in [-0.2, 0) is 11.2 Å². The minimum absolute atomic E-state index is 0.143. The van der Waals surface area contributed by atoms with Crippen LogP contribution in [0.1, 0.15) is 11.8 Å². The summed E-state index contributed by atoms with van der Waals surface area (Å²) in [5, 5.41) is 8.28. The largest absolute Gasteiger partial charge is 0.355 e. The molecule has 1 saturated heterocycles. The first kappa shape index (κ1) is 11.6. The molecule has 2 heterocycles. The van der Waals surface area contributed by atoms with Crippen molar-refractivity contribution in [1.82, 2.24) is 10.6 Å². The van der Waals surface area contributed by atoms with E-state index in [1.807, 2.05) is 13.0 Å². The minimum Gasteiger partial charge on any atom is -0.355 e. The Labute approximate surface area is 100 Å². The number of hydrogen-bond acceptors (Lipinski definition) is 3. The number of rotatable bonds is 5. The third-order valence-electron chi connectivity index (χ3n) is 3.18. The van der Waals surface area contributed by atoms with Gasteiger partial charge in [-0.2, -0.15) is 0 Å². The molecule has 0 radical (unpaired) electrons. The fraction of sp³-hybridized carbons (Fsp3) is 0.583. The first-order chi connectivity index (χ1) is 7.77. The van der Waals surface area contributed by atoms with Crippen molar-refractivity contribution in [2.45, 2.75) is 13.3 Å². The maximum absolute atomic E-state index is 11.8. The Balaban J connectivity index is 1.67. The molecule has 0 aliphatic carbocycles. The summed E-state index contributed by atoms with van der Waals surface area (Å²) < 4.78 is 0. The maximum Gasteiger partial charge on any atom is 0.223 e. The second-order valence-corrected chi connectivity index (χ2v) is 5.36. The van der Waals surface area contributed by atoms with E-state index < -0.39 is 0 Å². The summed E-state index contributed by atoms with van der Waals surface area (Å²) in [4.78, 5) is 13.1. The van der Waals surface area contributed by atoms with Crippen LogP contribution < -0.4 is 10.6 Å². The normalized spacial score (nSPS) is 17.8. The molecule has 1 atom stereocenters. The van der Waals surface area contributed by atoms with Gasteiger partial charge in [-0.15, -0.1) is 11.3 Å². The van der Waals surface area contributed by atoms with Gasteiger partial charge in [0.25, 0.3) is 0 Å². The lowest BCUT2D eigenvalue weighted by molar-refractivity contribution is -0.126. The Kier molecular flexibility index (Phi) is 3.96. The van der Waals surface area contributed by atoms with Gasteiger partial charge in [0, 0.05) is 17.3 Å². The highest BCUT2D eigenvalue weighted by Gasteiger charge is 2.28. The Hall–Kier alpha value is -0.870. The fourth-order valence-electron chi connectivity index (χ4n) is 1.80. The van der Waals surface area contributed by atoms with Gasteiger partial charge in [0.2, 0.25) is 5.91 Å². The van der Waals surface area contributed by atoms with E-state index in [2.05, 4.69) is 22.1 Å². The fourth-order valence-corrected chi connectivity index (χ4v) is 2.51. The summed E-state index contributed by atoms with van der Waals surface area (Å²) >= 11 is 1.74. The van der Waals surface area contributed by atoms with Crippen molar-refractivity contribution in [3.8, 4) is 0 Å². The second-order valence-electron chi connectivity index (χ2n) is 4.33. The molecule has 1 unspecified atom stereocenters. The van der Waals surface area contributed by atoms with Gasteiger partial charge in [-0.3, -0.25) is 4.79 Å². The lowest BCUT2D eigenvalue weighted by atomic mass is 9.88. The predicted octanol–water partition coefficient (Wildman–Crippen LogP) is 1.26. The van der Waals surface area contributed by atoms with Gasteiger partial charge in [0.05, 0.1) is 0 Å². The van der Waals surface area contributed by atoms with Gasteiger partial charge in [-0.1, -0.05) is 13.0 Å². The van der Waals surface area contributed by atoms with Crippen molar-refractivity contribution in [2.75, 3.05) is 19.6 Å². The van der Waals surface area contributed by atoms with Crippen molar-refractivity contribution < 1.29 is 4.79 Å². The third-order valence-corrected chi connectivity index (χ3v) is 4.12. The van der Waals surface area contributed by atoms with E-state index >= 15 is 0 Å². The van der Waals surface area contributed by atoms with Gasteiger partial charge in [-0.05, 0) is 36.9 Å². The zero-order chi connectivity index (χ0) is 11.4. The molecular formula is C12H18N2OS. The van der Waals surface area contributed by atoms with Crippen molar-refractivity contribution in [3.05, 3.63) is 22.4 Å². The van der Waals surface area contributed by atoms with Gasteiger partial charge in [0.15, 0.2) is 0 Å². The summed E-state index contributed by atoms with van der Waals surface area (Å²) in [6, 6.07) is 4.15. The standard InChI is InChI=1S/C12H18N2OS/c1-9(10-7-13-8-10)12(15)14-5-4-11-3-2-6-16-11/h2-3,6,9-10,13H,4-5,7-8H2,1H3,(H,14,15). The molecule has 1 aliphatic rings. The van der Waals surface area contributed by atoms with Crippen LogP contribution >= 0.6 is 11.3 Å². The number of amides is 1. The van der Waals surface area contributed by atoms with Gasteiger partial charge >= 0.3 is 0 Å². The van der Waals surface area contributed by atoms with E-state index in [4.69, 9.17) is 0 Å². The van der Waals surface area contributed by atoms with Crippen molar-refractivity contribution in [1.29, 1.82) is 0 Å². The number of hydrogen-bond donors (Lipinski definition) is 2. The Bertz CT molecular complexity index is 333. The summed E-state index contributed by atoms with van der Waals surface area (Å²) in [5.74, 6) is 0.870. The number of nitrogens with one attached hydrogen (secondary N) is 2. The molecule has 2 rings (SSSR count). The second kappa shape index (κ2) is 5.46. The number of carbonyl (C=O) groups excluding carboxylic acids is 1. The molecule has 2 N–H and O–H groups in total. The van der Waals surface area contributed by atoms with Crippen LogP contribution in [0.15, 0.2) is 17.5 Å². The Morgan fingerprint density at radius 3 is 3.06 bits per heavy atom. The van der Waals surface area contributed by atoms with E-state index in [1.54, 1.807) is 11.3 Å². The number of carbonyl (C=O) groups is 1. The molecule has 1 amide bonds. The lowest BCUT2D eigenvalue weighted by Gasteiger charge is -2.31. The molecular weight excluding hydrogens is 220 g/mol. The molecule has 1 aromatic rings. The van der Waals surface area contributed by atoms with E-state index in [-0.39, 0.29) is 11.8 Å². The average Bonchev–Trinajstić information content (AvgIpc) is 2.67. The molecule has 1 aromatic heterocycles. The maximum atomic E-state index is 11.8. The SMILES string of the molecule is CC(C(=O)NCCc1cccs1)C1CNC1. The van der Waals surface area contributed by atoms with Crippen LogP contribution in [0.3, 0.4) is 0 Å².